The third kappa shape index (κ3) is 7.17. The minimum absolute atomic E-state index is 0.0971. The highest BCUT2D eigenvalue weighted by molar-refractivity contribution is 6.00. The zero-order valence-corrected chi connectivity index (χ0v) is 16.3. The van der Waals surface area contributed by atoms with Gasteiger partial charge in [0.05, 0.1) is 13.2 Å². The Balaban J connectivity index is 3.27. The molecule has 0 heterocycles. The number of carbonyl (C=O) groups excluding carboxylic acids is 2. The zero-order valence-electron chi connectivity index (χ0n) is 16.3. The lowest BCUT2D eigenvalue weighted by Crippen LogP contribution is -2.42. The van der Waals surface area contributed by atoms with E-state index in [1.807, 2.05) is 30.3 Å². The molecule has 1 aromatic rings. The lowest BCUT2D eigenvalue weighted by atomic mass is 9.81. The van der Waals surface area contributed by atoms with Crippen molar-refractivity contribution < 1.29 is 24.2 Å². The van der Waals surface area contributed by atoms with Gasteiger partial charge in [0.15, 0.2) is 5.41 Å². The van der Waals surface area contributed by atoms with Crippen LogP contribution in [0.1, 0.15) is 46.1 Å². The van der Waals surface area contributed by atoms with Gasteiger partial charge in [-0.05, 0) is 39.8 Å². The van der Waals surface area contributed by atoms with Gasteiger partial charge in [-0.15, -0.1) is 0 Å². The molecule has 0 aromatic heterocycles. The molecule has 0 fully saturated rings. The predicted molar refractivity (Wildman–Crippen MR) is 102 cm³/mol. The van der Waals surface area contributed by atoms with Gasteiger partial charge in [-0.2, -0.15) is 0 Å². The maximum absolute atomic E-state index is 12.7. The first-order valence-electron chi connectivity index (χ1n) is 8.86. The lowest BCUT2D eigenvalue weighted by Gasteiger charge is -2.25. The molecule has 0 aliphatic rings. The van der Waals surface area contributed by atoms with E-state index < -0.39 is 23.0 Å². The zero-order chi connectivity index (χ0) is 20.3. The Labute approximate surface area is 161 Å². The summed E-state index contributed by atoms with van der Waals surface area (Å²) in [6, 6.07) is 9.24. The fourth-order valence-electron chi connectivity index (χ4n) is 2.20. The van der Waals surface area contributed by atoms with Gasteiger partial charge >= 0.3 is 11.9 Å². The summed E-state index contributed by atoms with van der Waals surface area (Å²) in [5.74, 6) is 9.72. The average Bonchev–Trinajstić information content (AvgIpc) is 2.60. The van der Waals surface area contributed by atoms with Crippen LogP contribution < -0.4 is 0 Å². The number of hydrogen-bond acceptors (Lipinski definition) is 5. The van der Waals surface area contributed by atoms with E-state index in [9.17, 15) is 14.7 Å². The monoisotopic (exact) mass is 370 g/mol. The summed E-state index contributed by atoms with van der Waals surface area (Å²) in [6.45, 7) is 6.59. The quantitative estimate of drug-likeness (QED) is 0.474. The fourth-order valence-corrected chi connectivity index (χ4v) is 2.20. The van der Waals surface area contributed by atoms with Gasteiger partial charge in [-0.25, -0.2) is 0 Å². The number of hydrogen-bond donors (Lipinski definition) is 1. The Morgan fingerprint density at radius 2 is 1.48 bits per heavy atom. The molecule has 1 rings (SSSR count). The molecule has 27 heavy (non-hydrogen) atoms. The number of rotatable bonds is 6. The Bertz CT molecular complexity index is 733. The van der Waals surface area contributed by atoms with Gasteiger partial charge in [0, 0.05) is 18.4 Å². The van der Waals surface area contributed by atoms with Crippen LogP contribution in [-0.2, 0) is 19.1 Å². The molecule has 0 spiro atoms. The molecule has 0 atom stereocenters. The Kier molecular flexibility index (Phi) is 8.59. The first-order valence-corrected chi connectivity index (χ1v) is 8.86. The van der Waals surface area contributed by atoms with E-state index >= 15 is 0 Å². The highest BCUT2D eigenvalue weighted by Gasteiger charge is 2.48. The Morgan fingerprint density at radius 3 is 1.96 bits per heavy atom. The largest absolute Gasteiger partial charge is 0.465 e. The minimum atomic E-state index is -1.66. The maximum Gasteiger partial charge on any atom is 0.325 e. The molecular formula is C22H26O5. The number of carbonyl (C=O) groups is 2. The third-order valence-corrected chi connectivity index (χ3v) is 3.51. The van der Waals surface area contributed by atoms with Crippen LogP contribution in [0.2, 0.25) is 0 Å². The molecule has 5 nitrogen and oxygen atoms in total. The summed E-state index contributed by atoms with van der Waals surface area (Å²) in [5.41, 5.74) is -2.14. The van der Waals surface area contributed by atoms with Crippen LogP contribution in [0.15, 0.2) is 30.3 Å². The van der Waals surface area contributed by atoms with E-state index in [-0.39, 0.29) is 26.1 Å². The van der Waals surface area contributed by atoms with Gasteiger partial charge in [0.1, 0.15) is 5.60 Å². The van der Waals surface area contributed by atoms with Crippen LogP contribution in [0.25, 0.3) is 0 Å². The van der Waals surface area contributed by atoms with Crippen LogP contribution in [-0.4, -0.2) is 35.9 Å². The number of esters is 2. The van der Waals surface area contributed by atoms with E-state index in [4.69, 9.17) is 9.47 Å². The summed E-state index contributed by atoms with van der Waals surface area (Å²) >= 11 is 0. The SMILES string of the molecule is CCOC(=O)C(CC#Cc1ccccc1)(CC#CC(C)(C)O)C(=O)OCC. The van der Waals surface area contributed by atoms with Gasteiger partial charge in [-0.3, -0.25) is 9.59 Å². The first-order chi connectivity index (χ1) is 12.7. The lowest BCUT2D eigenvalue weighted by molar-refractivity contribution is -0.171. The maximum atomic E-state index is 12.7. The van der Waals surface area contributed by atoms with Crippen molar-refractivity contribution in [1.29, 1.82) is 0 Å². The van der Waals surface area contributed by atoms with E-state index in [2.05, 4.69) is 23.7 Å². The first kappa shape index (κ1) is 22.3. The van der Waals surface area contributed by atoms with Crippen molar-refractivity contribution in [2.24, 2.45) is 5.41 Å². The fraction of sp³-hybridized carbons (Fsp3) is 0.455. The molecule has 0 aliphatic carbocycles. The van der Waals surface area contributed by atoms with Crippen LogP contribution >= 0.6 is 0 Å². The van der Waals surface area contributed by atoms with Gasteiger partial charge in [-0.1, -0.05) is 41.9 Å². The van der Waals surface area contributed by atoms with Crippen molar-refractivity contribution in [3.05, 3.63) is 35.9 Å². The molecule has 5 heteroatoms. The molecule has 0 saturated heterocycles. The van der Waals surface area contributed by atoms with Crippen molar-refractivity contribution in [3.63, 3.8) is 0 Å². The molecular weight excluding hydrogens is 344 g/mol. The van der Waals surface area contributed by atoms with Crippen molar-refractivity contribution >= 4 is 11.9 Å². The van der Waals surface area contributed by atoms with Gasteiger partial charge < -0.3 is 14.6 Å². The van der Waals surface area contributed by atoms with Crippen LogP contribution in [0.5, 0.6) is 0 Å². The number of aliphatic hydroxyl groups is 1. The topological polar surface area (TPSA) is 72.8 Å². The van der Waals surface area contributed by atoms with Crippen molar-refractivity contribution in [2.75, 3.05) is 13.2 Å². The van der Waals surface area contributed by atoms with Gasteiger partial charge in [0.2, 0.25) is 0 Å². The third-order valence-electron chi connectivity index (χ3n) is 3.51. The Morgan fingerprint density at radius 1 is 0.963 bits per heavy atom. The minimum Gasteiger partial charge on any atom is -0.465 e. The molecule has 1 aromatic carbocycles. The molecule has 0 amide bonds. The molecule has 0 radical (unpaired) electrons. The molecule has 0 aliphatic heterocycles. The molecule has 144 valence electrons. The molecule has 0 unspecified atom stereocenters. The normalized spacial score (nSPS) is 10.7. The standard InChI is InChI=1S/C22H26O5/c1-5-26-19(23)22(20(24)27-6-2,17-11-15-21(3,4)25)16-10-14-18-12-8-7-9-13-18/h7-9,12-13,25H,5-6,16-17H2,1-4H3. The van der Waals surface area contributed by atoms with E-state index in [0.717, 1.165) is 5.56 Å². The van der Waals surface area contributed by atoms with E-state index in [1.165, 1.54) is 13.8 Å². The van der Waals surface area contributed by atoms with Crippen LogP contribution in [0.3, 0.4) is 0 Å². The Hall–Kier alpha value is -2.76. The number of ether oxygens (including phenoxy) is 2. The second-order valence-electron chi connectivity index (χ2n) is 6.41. The van der Waals surface area contributed by atoms with Crippen molar-refractivity contribution in [2.45, 2.75) is 46.1 Å². The van der Waals surface area contributed by atoms with Crippen LogP contribution in [0.4, 0.5) is 0 Å². The molecule has 0 saturated carbocycles. The average molecular weight is 370 g/mol. The van der Waals surface area contributed by atoms with Gasteiger partial charge in [0.25, 0.3) is 0 Å². The molecule has 0 bridgehead atoms. The number of benzene rings is 1. The van der Waals surface area contributed by atoms with Crippen molar-refractivity contribution in [1.82, 2.24) is 0 Å². The van der Waals surface area contributed by atoms with Crippen molar-refractivity contribution in [3.8, 4) is 23.7 Å². The van der Waals surface area contributed by atoms with Crippen LogP contribution in [0, 0.1) is 29.1 Å². The van der Waals surface area contributed by atoms with E-state index in [1.54, 1.807) is 13.8 Å². The second-order valence-corrected chi connectivity index (χ2v) is 6.41. The summed E-state index contributed by atoms with van der Waals surface area (Å²) < 4.78 is 10.2. The second kappa shape index (κ2) is 10.4. The summed E-state index contributed by atoms with van der Waals surface area (Å²) in [7, 11) is 0. The molecule has 1 N–H and O–H groups in total. The predicted octanol–water partition coefficient (Wildman–Crippen LogP) is 2.71. The summed E-state index contributed by atoms with van der Waals surface area (Å²) in [4.78, 5) is 25.3. The summed E-state index contributed by atoms with van der Waals surface area (Å²) in [6.07, 6.45) is -0.252. The smallest absolute Gasteiger partial charge is 0.325 e. The van der Waals surface area contributed by atoms with E-state index in [0.29, 0.717) is 0 Å². The highest BCUT2D eigenvalue weighted by atomic mass is 16.6. The summed E-state index contributed by atoms with van der Waals surface area (Å²) in [5, 5.41) is 9.79. The highest BCUT2D eigenvalue weighted by Crippen LogP contribution is 2.30.